The maximum atomic E-state index is 10.7. The van der Waals surface area contributed by atoms with Crippen LogP contribution in [0.5, 0.6) is 0 Å². The van der Waals surface area contributed by atoms with Crippen molar-refractivity contribution in [3.05, 3.63) is 11.8 Å². The Morgan fingerprint density at radius 2 is 1.89 bits per heavy atom. The molecule has 0 aliphatic heterocycles. The Morgan fingerprint density at radius 1 is 1.44 bits per heavy atom. The second-order valence-corrected chi connectivity index (χ2v) is 2.12. The predicted molar refractivity (Wildman–Crippen MR) is 38.1 cm³/mol. The first-order chi connectivity index (χ1) is 4.09. The second-order valence-electron chi connectivity index (χ2n) is 2.12. The molecule has 0 spiro atoms. The third-order valence-corrected chi connectivity index (χ3v) is 1.12. The standard InChI is InChI=1S/C7H13NO/c1-5-7(6(2)9)8(3)4/h5H,1-4H3/b7-5-. The summed E-state index contributed by atoms with van der Waals surface area (Å²) < 4.78 is 0. The molecule has 0 aromatic heterocycles. The molecule has 0 aliphatic rings. The van der Waals surface area contributed by atoms with Crippen LogP contribution in [0.1, 0.15) is 13.8 Å². The van der Waals surface area contributed by atoms with Crippen LogP contribution in [0.4, 0.5) is 0 Å². The number of carbonyl (C=O) groups excluding carboxylic acids is 1. The minimum absolute atomic E-state index is 0.113. The largest absolute Gasteiger partial charge is 0.375 e. The number of likely N-dealkylation sites (N-methyl/N-ethyl adjacent to an activating group) is 1. The van der Waals surface area contributed by atoms with Crippen LogP contribution in [0.25, 0.3) is 0 Å². The van der Waals surface area contributed by atoms with E-state index in [1.54, 1.807) is 6.92 Å². The Hall–Kier alpha value is -0.790. The number of allylic oxidation sites excluding steroid dienone is 2. The summed E-state index contributed by atoms with van der Waals surface area (Å²) in [4.78, 5) is 12.5. The fourth-order valence-electron chi connectivity index (χ4n) is 0.776. The Labute approximate surface area is 56.2 Å². The zero-order chi connectivity index (χ0) is 7.44. The molecule has 0 saturated heterocycles. The third-order valence-electron chi connectivity index (χ3n) is 1.12. The van der Waals surface area contributed by atoms with E-state index < -0.39 is 0 Å². The van der Waals surface area contributed by atoms with E-state index in [-0.39, 0.29) is 5.78 Å². The topological polar surface area (TPSA) is 20.3 Å². The molecular formula is C7H13NO. The van der Waals surface area contributed by atoms with Gasteiger partial charge in [-0.05, 0) is 6.92 Å². The predicted octanol–water partition coefficient (Wildman–Crippen LogP) is 1.04. The van der Waals surface area contributed by atoms with Crippen molar-refractivity contribution in [3.8, 4) is 0 Å². The smallest absolute Gasteiger partial charge is 0.175 e. The molecule has 2 nitrogen and oxygen atoms in total. The van der Waals surface area contributed by atoms with Crippen molar-refractivity contribution in [2.45, 2.75) is 13.8 Å². The van der Waals surface area contributed by atoms with Crippen molar-refractivity contribution in [1.29, 1.82) is 0 Å². The van der Waals surface area contributed by atoms with Gasteiger partial charge in [0.1, 0.15) is 0 Å². The number of hydrogen-bond acceptors (Lipinski definition) is 2. The van der Waals surface area contributed by atoms with Crippen molar-refractivity contribution in [2.24, 2.45) is 0 Å². The van der Waals surface area contributed by atoms with E-state index in [4.69, 9.17) is 0 Å². The van der Waals surface area contributed by atoms with Gasteiger partial charge in [-0.15, -0.1) is 0 Å². The molecule has 0 rings (SSSR count). The Kier molecular flexibility index (Phi) is 2.99. The lowest BCUT2D eigenvalue weighted by Crippen LogP contribution is -2.16. The molecule has 52 valence electrons. The Bertz CT molecular complexity index is 136. The van der Waals surface area contributed by atoms with E-state index in [1.807, 2.05) is 32.0 Å². The van der Waals surface area contributed by atoms with E-state index in [2.05, 4.69) is 0 Å². The van der Waals surface area contributed by atoms with E-state index in [0.717, 1.165) is 5.70 Å². The number of Topliss-reactive ketones (excluding diaryl/α,β-unsaturated/α-hetero) is 1. The molecule has 9 heavy (non-hydrogen) atoms. The average Bonchev–Trinajstić information content (AvgIpc) is 1.64. The van der Waals surface area contributed by atoms with Gasteiger partial charge in [0, 0.05) is 21.0 Å². The highest BCUT2D eigenvalue weighted by Crippen LogP contribution is 1.97. The zero-order valence-electron chi connectivity index (χ0n) is 6.43. The van der Waals surface area contributed by atoms with Crippen molar-refractivity contribution in [3.63, 3.8) is 0 Å². The van der Waals surface area contributed by atoms with E-state index in [1.165, 1.54) is 0 Å². The Balaban J connectivity index is 4.19. The van der Waals surface area contributed by atoms with E-state index >= 15 is 0 Å². The van der Waals surface area contributed by atoms with Crippen molar-refractivity contribution in [2.75, 3.05) is 14.1 Å². The highest BCUT2D eigenvalue weighted by Gasteiger charge is 2.01. The van der Waals surface area contributed by atoms with Crippen LogP contribution in [0.15, 0.2) is 11.8 Å². The minimum Gasteiger partial charge on any atom is -0.375 e. The number of rotatable bonds is 2. The molecule has 0 atom stereocenters. The van der Waals surface area contributed by atoms with Crippen LogP contribution < -0.4 is 0 Å². The van der Waals surface area contributed by atoms with Gasteiger partial charge >= 0.3 is 0 Å². The number of ketones is 1. The molecule has 0 saturated carbocycles. The summed E-state index contributed by atoms with van der Waals surface area (Å²) in [5, 5.41) is 0. The van der Waals surface area contributed by atoms with Crippen LogP contribution >= 0.6 is 0 Å². The van der Waals surface area contributed by atoms with Gasteiger partial charge < -0.3 is 4.90 Å². The van der Waals surface area contributed by atoms with Crippen LogP contribution in [0.3, 0.4) is 0 Å². The summed E-state index contributed by atoms with van der Waals surface area (Å²) in [5.74, 6) is 0.113. The minimum atomic E-state index is 0.113. The maximum Gasteiger partial charge on any atom is 0.175 e. The molecule has 0 unspecified atom stereocenters. The first-order valence-corrected chi connectivity index (χ1v) is 2.94. The molecule has 0 aromatic rings. The zero-order valence-corrected chi connectivity index (χ0v) is 6.43. The average molecular weight is 127 g/mol. The molecule has 0 aliphatic carbocycles. The summed E-state index contributed by atoms with van der Waals surface area (Å²) in [7, 11) is 3.72. The molecule has 0 N–H and O–H groups in total. The first kappa shape index (κ1) is 8.21. The Morgan fingerprint density at radius 3 is 1.89 bits per heavy atom. The van der Waals surface area contributed by atoms with Crippen molar-refractivity contribution >= 4 is 5.78 Å². The van der Waals surface area contributed by atoms with E-state index in [9.17, 15) is 4.79 Å². The van der Waals surface area contributed by atoms with Gasteiger partial charge in [0.15, 0.2) is 5.78 Å². The van der Waals surface area contributed by atoms with Gasteiger partial charge in [-0.2, -0.15) is 0 Å². The van der Waals surface area contributed by atoms with Crippen molar-refractivity contribution in [1.82, 2.24) is 4.90 Å². The molecule has 0 radical (unpaired) electrons. The molecule has 0 bridgehead atoms. The van der Waals surface area contributed by atoms with Gasteiger partial charge in [0.25, 0.3) is 0 Å². The van der Waals surface area contributed by atoms with E-state index in [0.29, 0.717) is 0 Å². The van der Waals surface area contributed by atoms with Crippen LogP contribution in [0.2, 0.25) is 0 Å². The lowest BCUT2D eigenvalue weighted by Gasteiger charge is -2.12. The van der Waals surface area contributed by atoms with Gasteiger partial charge in [-0.25, -0.2) is 0 Å². The molecule has 0 amide bonds. The lowest BCUT2D eigenvalue weighted by molar-refractivity contribution is -0.114. The fourth-order valence-corrected chi connectivity index (χ4v) is 0.776. The summed E-state index contributed by atoms with van der Waals surface area (Å²) in [6.07, 6.45) is 1.81. The van der Waals surface area contributed by atoms with Gasteiger partial charge in [-0.3, -0.25) is 4.79 Å². The summed E-state index contributed by atoms with van der Waals surface area (Å²) in [5.41, 5.74) is 0.759. The second kappa shape index (κ2) is 3.28. The highest BCUT2D eigenvalue weighted by atomic mass is 16.1. The van der Waals surface area contributed by atoms with Crippen LogP contribution in [-0.2, 0) is 4.79 Å². The van der Waals surface area contributed by atoms with Crippen LogP contribution in [-0.4, -0.2) is 24.8 Å². The number of carbonyl (C=O) groups is 1. The molecule has 0 heterocycles. The quantitative estimate of drug-likeness (QED) is 0.516. The first-order valence-electron chi connectivity index (χ1n) is 2.94. The summed E-state index contributed by atoms with van der Waals surface area (Å²) in [6, 6.07) is 0. The molecule has 0 fully saturated rings. The SMILES string of the molecule is C/C=C(/C(C)=O)N(C)C. The number of nitrogens with zero attached hydrogens (tertiary/aromatic N) is 1. The fraction of sp³-hybridized carbons (Fsp3) is 0.571. The van der Waals surface area contributed by atoms with Crippen molar-refractivity contribution < 1.29 is 4.79 Å². The molecule has 0 aromatic carbocycles. The third kappa shape index (κ3) is 2.31. The molecular weight excluding hydrogens is 114 g/mol. The maximum absolute atomic E-state index is 10.7. The molecule has 2 heteroatoms. The highest BCUT2D eigenvalue weighted by molar-refractivity contribution is 5.92. The van der Waals surface area contributed by atoms with Gasteiger partial charge in [0.05, 0.1) is 5.70 Å². The summed E-state index contributed by atoms with van der Waals surface area (Å²) >= 11 is 0. The summed E-state index contributed by atoms with van der Waals surface area (Å²) in [6.45, 7) is 3.42. The monoisotopic (exact) mass is 127 g/mol. The number of hydrogen-bond donors (Lipinski definition) is 0. The van der Waals surface area contributed by atoms with Gasteiger partial charge in [0.2, 0.25) is 0 Å². The van der Waals surface area contributed by atoms with Gasteiger partial charge in [-0.1, -0.05) is 6.08 Å². The normalized spacial score (nSPS) is 11.3. The van der Waals surface area contributed by atoms with Crippen LogP contribution in [0, 0.1) is 0 Å². The lowest BCUT2D eigenvalue weighted by atomic mass is 10.3.